The summed E-state index contributed by atoms with van der Waals surface area (Å²) in [5.74, 6) is 0.408. The maximum atomic E-state index is 11.9. The van der Waals surface area contributed by atoms with E-state index in [1.807, 2.05) is 48.5 Å². The van der Waals surface area contributed by atoms with Gasteiger partial charge in [0.05, 0.1) is 5.54 Å². The van der Waals surface area contributed by atoms with Crippen molar-refractivity contribution in [3.8, 4) is 0 Å². The molecule has 118 valence electrons. The van der Waals surface area contributed by atoms with Crippen molar-refractivity contribution in [3.63, 3.8) is 0 Å². The molecule has 5 heteroatoms. The summed E-state index contributed by atoms with van der Waals surface area (Å²) in [5, 5.41) is 2.80. The van der Waals surface area contributed by atoms with Crippen molar-refractivity contribution in [2.45, 2.75) is 66.0 Å². The monoisotopic (exact) mass is 286 g/mol. The minimum absolute atomic E-state index is 0.0825. The average molecular weight is 286 g/mol. The van der Waals surface area contributed by atoms with Crippen molar-refractivity contribution >= 4 is 12.0 Å². The Kier molecular flexibility index (Phi) is 6.51. The van der Waals surface area contributed by atoms with Crippen LogP contribution in [0.2, 0.25) is 0 Å². The van der Waals surface area contributed by atoms with Crippen LogP contribution in [0.1, 0.15) is 54.9 Å². The average Bonchev–Trinajstić information content (AvgIpc) is 2.10. The molecule has 1 N–H and O–H groups in total. The van der Waals surface area contributed by atoms with Gasteiger partial charge >= 0.3 is 6.09 Å². The molecule has 0 atom stereocenters. The number of alkyl carbamates (subject to hydrolysis) is 1. The second kappa shape index (κ2) is 6.95. The first-order chi connectivity index (χ1) is 8.82. The number of carbonyl (C=O) groups excluding carboxylic acids is 2. The molecule has 0 spiro atoms. The first-order valence-corrected chi connectivity index (χ1v) is 7.07. The van der Waals surface area contributed by atoms with Crippen LogP contribution < -0.4 is 5.32 Å². The highest BCUT2D eigenvalue weighted by atomic mass is 16.6. The second-order valence-corrected chi connectivity index (χ2v) is 7.36. The second-order valence-electron chi connectivity index (χ2n) is 7.36. The van der Waals surface area contributed by atoms with Crippen LogP contribution in [0.4, 0.5) is 4.79 Å². The van der Waals surface area contributed by atoms with Gasteiger partial charge in [0.2, 0.25) is 5.91 Å². The number of amides is 2. The molecule has 0 aliphatic carbocycles. The molecule has 0 heterocycles. The van der Waals surface area contributed by atoms with Crippen LogP contribution in [0.3, 0.4) is 0 Å². The molecule has 0 aliphatic rings. The topological polar surface area (TPSA) is 58.6 Å². The van der Waals surface area contributed by atoms with Gasteiger partial charge in [0.25, 0.3) is 0 Å². The Morgan fingerprint density at radius 2 is 1.65 bits per heavy atom. The summed E-state index contributed by atoms with van der Waals surface area (Å²) in [6.07, 6.45) is 0.0474. The Morgan fingerprint density at radius 1 is 1.15 bits per heavy atom. The van der Waals surface area contributed by atoms with Crippen LogP contribution in [0.5, 0.6) is 0 Å². The molecule has 0 aromatic carbocycles. The van der Waals surface area contributed by atoms with E-state index in [0.29, 0.717) is 18.9 Å². The molecule has 0 aromatic rings. The number of nitrogens with one attached hydrogen (secondary N) is 1. The zero-order chi connectivity index (χ0) is 16.1. The molecular weight excluding hydrogens is 256 g/mol. The number of rotatable bonds is 5. The van der Waals surface area contributed by atoms with Gasteiger partial charge in [-0.15, -0.1) is 0 Å². The lowest BCUT2D eigenvalue weighted by Gasteiger charge is -2.32. The third kappa shape index (κ3) is 8.77. The van der Waals surface area contributed by atoms with E-state index in [4.69, 9.17) is 4.74 Å². The molecule has 0 saturated heterocycles. The van der Waals surface area contributed by atoms with E-state index in [1.54, 1.807) is 11.9 Å². The highest BCUT2D eigenvalue weighted by Gasteiger charge is 2.27. The van der Waals surface area contributed by atoms with Crippen molar-refractivity contribution in [2.75, 3.05) is 13.6 Å². The van der Waals surface area contributed by atoms with Crippen LogP contribution in [0, 0.1) is 5.92 Å². The van der Waals surface area contributed by atoms with Crippen molar-refractivity contribution in [1.29, 1.82) is 0 Å². The van der Waals surface area contributed by atoms with E-state index < -0.39 is 17.2 Å². The van der Waals surface area contributed by atoms with E-state index in [-0.39, 0.29) is 5.91 Å². The van der Waals surface area contributed by atoms with Gasteiger partial charge in [-0.25, -0.2) is 4.79 Å². The fourth-order valence-corrected chi connectivity index (χ4v) is 1.81. The van der Waals surface area contributed by atoms with Gasteiger partial charge in [-0.05, 0) is 40.5 Å². The summed E-state index contributed by atoms with van der Waals surface area (Å²) >= 11 is 0. The predicted octanol–water partition coefficient (Wildman–Crippen LogP) is 2.79. The summed E-state index contributed by atoms with van der Waals surface area (Å²) in [6.45, 7) is 13.7. The molecule has 0 aliphatic heterocycles. The van der Waals surface area contributed by atoms with Gasteiger partial charge in [0, 0.05) is 20.0 Å². The molecular formula is C15H30N2O3. The standard InChI is InChI=1S/C15H30N2O3/c1-11(2)9-12(18)17(8)10-15(6,7)16-13(19)20-14(3,4)5/h11H,9-10H2,1-8H3,(H,16,19). The summed E-state index contributed by atoms with van der Waals surface area (Å²) in [5.41, 5.74) is -1.07. The Bertz CT molecular complexity index is 344. The van der Waals surface area contributed by atoms with Gasteiger partial charge in [0.1, 0.15) is 5.60 Å². The third-order valence-corrected chi connectivity index (χ3v) is 2.48. The predicted molar refractivity (Wildman–Crippen MR) is 80.5 cm³/mol. The van der Waals surface area contributed by atoms with Crippen molar-refractivity contribution < 1.29 is 14.3 Å². The Hall–Kier alpha value is -1.26. The van der Waals surface area contributed by atoms with E-state index in [0.717, 1.165) is 0 Å². The Balaban J connectivity index is 4.44. The van der Waals surface area contributed by atoms with Crippen LogP contribution in [-0.4, -0.2) is 41.6 Å². The number of nitrogens with zero attached hydrogens (tertiary/aromatic N) is 1. The molecule has 0 aromatic heterocycles. The minimum atomic E-state index is -0.538. The summed E-state index contributed by atoms with van der Waals surface area (Å²) in [6, 6.07) is 0. The smallest absolute Gasteiger partial charge is 0.408 e. The van der Waals surface area contributed by atoms with Gasteiger partial charge in [-0.2, -0.15) is 0 Å². The first kappa shape index (κ1) is 18.7. The SMILES string of the molecule is CC(C)CC(=O)N(C)CC(C)(C)NC(=O)OC(C)(C)C. The Morgan fingerprint density at radius 3 is 2.05 bits per heavy atom. The molecule has 0 bridgehead atoms. The molecule has 20 heavy (non-hydrogen) atoms. The van der Waals surface area contributed by atoms with Crippen molar-refractivity contribution in [1.82, 2.24) is 10.2 Å². The molecule has 0 radical (unpaired) electrons. The molecule has 0 fully saturated rings. The van der Waals surface area contributed by atoms with Crippen LogP contribution >= 0.6 is 0 Å². The fraction of sp³-hybridized carbons (Fsp3) is 0.867. The molecule has 2 amide bonds. The lowest BCUT2D eigenvalue weighted by atomic mass is 10.0. The van der Waals surface area contributed by atoms with Gasteiger partial charge in [0.15, 0.2) is 0 Å². The fourth-order valence-electron chi connectivity index (χ4n) is 1.81. The maximum Gasteiger partial charge on any atom is 0.408 e. The maximum absolute atomic E-state index is 11.9. The van der Waals surface area contributed by atoms with Gasteiger partial charge in [-0.3, -0.25) is 4.79 Å². The van der Waals surface area contributed by atoms with Crippen molar-refractivity contribution in [3.05, 3.63) is 0 Å². The largest absolute Gasteiger partial charge is 0.444 e. The minimum Gasteiger partial charge on any atom is -0.444 e. The number of hydrogen-bond donors (Lipinski definition) is 1. The zero-order valence-corrected chi connectivity index (χ0v) is 14.2. The lowest BCUT2D eigenvalue weighted by molar-refractivity contribution is -0.131. The number of likely N-dealkylation sites (N-methyl/N-ethyl adjacent to an activating group) is 1. The number of carbonyl (C=O) groups is 2. The molecule has 0 rings (SSSR count). The summed E-state index contributed by atoms with van der Waals surface area (Å²) in [4.78, 5) is 25.3. The van der Waals surface area contributed by atoms with E-state index in [1.165, 1.54) is 0 Å². The van der Waals surface area contributed by atoms with Crippen LogP contribution in [0.25, 0.3) is 0 Å². The highest BCUT2D eigenvalue weighted by molar-refractivity contribution is 5.76. The molecule has 5 nitrogen and oxygen atoms in total. The van der Waals surface area contributed by atoms with Crippen molar-refractivity contribution in [2.24, 2.45) is 5.92 Å². The van der Waals surface area contributed by atoms with E-state index in [9.17, 15) is 9.59 Å². The zero-order valence-electron chi connectivity index (χ0n) is 14.2. The van der Waals surface area contributed by atoms with Crippen LogP contribution in [-0.2, 0) is 9.53 Å². The number of hydrogen-bond acceptors (Lipinski definition) is 3. The first-order valence-electron chi connectivity index (χ1n) is 7.07. The number of ether oxygens (including phenoxy) is 1. The Labute approximate surface area is 123 Å². The highest BCUT2D eigenvalue weighted by Crippen LogP contribution is 2.11. The van der Waals surface area contributed by atoms with Gasteiger partial charge < -0.3 is 15.0 Å². The van der Waals surface area contributed by atoms with Crippen LogP contribution in [0.15, 0.2) is 0 Å². The molecule has 0 unspecified atom stereocenters. The lowest BCUT2D eigenvalue weighted by Crippen LogP contribution is -2.53. The normalized spacial score (nSPS) is 12.2. The third-order valence-electron chi connectivity index (χ3n) is 2.48. The van der Waals surface area contributed by atoms with E-state index in [2.05, 4.69) is 5.32 Å². The van der Waals surface area contributed by atoms with Gasteiger partial charge in [-0.1, -0.05) is 13.8 Å². The summed E-state index contributed by atoms with van der Waals surface area (Å²) in [7, 11) is 1.75. The summed E-state index contributed by atoms with van der Waals surface area (Å²) < 4.78 is 5.23. The van der Waals surface area contributed by atoms with E-state index >= 15 is 0 Å². The molecule has 0 saturated carbocycles. The quantitative estimate of drug-likeness (QED) is 0.845.